The minimum absolute atomic E-state index is 0.0202. The molecule has 2 heterocycles. The van der Waals surface area contributed by atoms with Crippen LogP contribution in [0.2, 0.25) is 0 Å². The predicted molar refractivity (Wildman–Crippen MR) is 72.1 cm³/mol. The Morgan fingerprint density at radius 2 is 2.11 bits per heavy atom. The summed E-state index contributed by atoms with van der Waals surface area (Å²) >= 11 is 0. The van der Waals surface area contributed by atoms with Crippen LogP contribution in [0.25, 0.3) is 0 Å². The average Bonchev–Trinajstić information content (AvgIpc) is 2.40. The van der Waals surface area contributed by atoms with Crippen LogP contribution in [0.15, 0.2) is 24.5 Å². The molecule has 0 atom stereocenters. The van der Waals surface area contributed by atoms with Crippen molar-refractivity contribution in [1.29, 1.82) is 0 Å². The third kappa shape index (κ3) is 4.63. The van der Waals surface area contributed by atoms with Gasteiger partial charge in [0, 0.05) is 25.4 Å². The Kier molecular flexibility index (Phi) is 4.52. The van der Waals surface area contributed by atoms with Crippen molar-refractivity contribution in [3.8, 4) is 0 Å². The normalized spacial score (nSPS) is 18.9. The number of sulfone groups is 1. The summed E-state index contributed by atoms with van der Waals surface area (Å²) in [4.78, 5) is 15.7. The molecule has 1 N–H and O–H groups in total. The Hall–Kier alpha value is -1.43. The highest BCUT2D eigenvalue weighted by Gasteiger charge is 2.25. The lowest BCUT2D eigenvalue weighted by atomic mass is 9.98. The number of hydrogen-bond donors (Lipinski definition) is 1. The fourth-order valence-corrected chi connectivity index (χ4v) is 3.77. The summed E-state index contributed by atoms with van der Waals surface area (Å²) in [5.74, 6) is 0.603. The number of pyridine rings is 1. The lowest BCUT2D eigenvalue weighted by Gasteiger charge is -2.21. The molecule has 5 nitrogen and oxygen atoms in total. The number of rotatable bonds is 4. The zero-order chi connectivity index (χ0) is 13.7. The fourth-order valence-electron chi connectivity index (χ4n) is 2.18. The highest BCUT2D eigenvalue weighted by molar-refractivity contribution is 7.91. The number of carbonyl (C=O) groups excluding carboxylic acids is 1. The summed E-state index contributed by atoms with van der Waals surface area (Å²) in [7, 11) is -2.85. The van der Waals surface area contributed by atoms with Gasteiger partial charge in [0.1, 0.15) is 9.84 Å². The van der Waals surface area contributed by atoms with Gasteiger partial charge in [-0.1, -0.05) is 6.07 Å². The topological polar surface area (TPSA) is 76.1 Å². The molecule has 0 aromatic carbocycles. The second kappa shape index (κ2) is 6.14. The molecule has 0 unspecified atom stereocenters. The van der Waals surface area contributed by atoms with E-state index in [1.165, 1.54) is 0 Å². The Balaban J connectivity index is 1.73. The van der Waals surface area contributed by atoms with Gasteiger partial charge in [-0.2, -0.15) is 0 Å². The van der Waals surface area contributed by atoms with Crippen molar-refractivity contribution >= 4 is 15.7 Å². The first-order valence-electron chi connectivity index (χ1n) is 6.41. The zero-order valence-electron chi connectivity index (χ0n) is 10.7. The van der Waals surface area contributed by atoms with E-state index >= 15 is 0 Å². The van der Waals surface area contributed by atoms with Gasteiger partial charge in [-0.3, -0.25) is 9.78 Å². The van der Waals surface area contributed by atoms with Gasteiger partial charge >= 0.3 is 0 Å². The average molecular weight is 282 g/mol. The van der Waals surface area contributed by atoms with Crippen molar-refractivity contribution in [2.75, 3.05) is 11.5 Å². The van der Waals surface area contributed by atoms with Gasteiger partial charge in [0.25, 0.3) is 0 Å². The van der Waals surface area contributed by atoms with Crippen molar-refractivity contribution in [1.82, 2.24) is 10.3 Å². The third-order valence-electron chi connectivity index (χ3n) is 3.36. The number of amides is 1. The second-order valence-electron chi connectivity index (χ2n) is 4.94. The maximum absolute atomic E-state index is 11.8. The highest BCUT2D eigenvalue weighted by Crippen LogP contribution is 2.21. The van der Waals surface area contributed by atoms with Crippen molar-refractivity contribution in [3.63, 3.8) is 0 Å². The molecule has 1 saturated heterocycles. The Morgan fingerprint density at radius 3 is 2.74 bits per heavy atom. The summed E-state index contributed by atoms with van der Waals surface area (Å²) in [6.45, 7) is 0.470. The number of aromatic nitrogens is 1. The van der Waals surface area contributed by atoms with E-state index in [2.05, 4.69) is 10.3 Å². The van der Waals surface area contributed by atoms with Gasteiger partial charge in [-0.15, -0.1) is 0 Å². The van der Waals surface area contributed by atoms with Crippen LogP contribution in [0.4, 0.5) is 0 Å². The maximum atomic E-state index is 11.8. The Labute approximate surface area is 113 Å². The zero-order valence-corrected chi connectivity index (χ0v) is 11.5. The van der Waals surface area contributed by atoms with Crippen LogP contribution >= 0.6 is 0 Å². The van der Waals surface area contributed by atoms with E-state index in [4.69, 9.17) is 0 Å². The highest BCUT2D eigenvalue weighted by atomic mass is 32.2. The van der Waals surface area contributed by atoms with Crippen molar-refractivity contribution in [2.24, 2.45) is 5.92 Å². The summed E-state index contributed by atoms with van der Waals surface area (Å²) in [6, 6.07) is 3.73. The lowest BCUT2D eigenvalue weighted by Crippen LogP contribution is -2.29. The van der Waals surface area contributed by atoms with Gasteiger partial charge in [0.15, 0.2) is 0 Å². The van der Waals surface area contributed by atoms with E-state index in [-0.39, 0.29) is 23.3 Å². The molecule has 1 amide bonds. The second-order valence-corrected chi connectivity index (χ2v) is 7.24. The summed E-state index contributed by atoms with van der Waals surface area (Å²) in [5.41, 5.74) is 0.960. The first-order valence-corrected chi connectivity index (χ1v) is 8.23. The molecule has 0 radical (unpaired) electrons. The van der Waals surface area contributed by atoms with Crippen LogP contribution in [-0.4, -0.2) is 30.8 Å². The first kappa shape index (κ1) is 14.0. The minimum atomic E-state index is -2.85. The molecule has 2 rings (SSSR count). The maximum Gasteiger partial charge on any atom is 0.220 e. The van der Waals surface area contributed by atoms with E-state index < -0.39 is 9.84 Å². The molecule has 1 aromatic rings. The molecule has 0 spiro atoms. The van der Waals surface area contributed by atoms with E-state index in [1.54, 1.807) is 12.4 Å². The monoisotopic (exact) mass is 282 g/mol. The van der Waals surface area contributed by atoms with Crippen LogP contribution < -0.4 is 5.32 Å². The number of nitrogens with one attached hydrogen (secondary N) is 1. The molecule has 1 fully saturated rings. The molecule has 0 aliphatic carbocycles. The molecule has 0 saturated carbocycles. The standard InChI is InChI=1S/C13H18N2O3S/c16-13(15-10-12-2-1-5-14-9-12)8-11-3-6-19(17,18)7-4-11/h1-2,5,9,11H,3-4,6-8,10H2,(H,15,16). The first-order chi connectivity index (χ1) is 9.05. The Bertz CT molecular complexity index is 514. The van der Waals surface area contributed by atoms with Crippen LogP contribution in [0.5, 0.6) is 0 Å². The molecule has 104 valence electrons. The molecular weight excluding hydrogens is 264 g/mol. The summed E-state index contributed by atoms with van der Waals surface area (Å²) in [6.07, 6.45) is 5.02. The molecule has 0 bridgehead atoms. The van der Waals surface area contributed by atoms with Crippen LogP contribution in [0, 0.1) is 5.92 Å². The van der Waals surface area contributed by atoms with Crippen LogP contribution in [0.3, 0.4) is 0 Å². The van der Waals surface area contributed by atoms with Crippen molar-refractivity contribution in [3.05, 3.63) is 30.1 Å². The van der Waals surface area contributed by atoms with Gasteiger partial charge < -0.3 is 5.32 Å². The summed E-state index contributed by atoms with van der Waals surface area (Å²) in [5, 5.41) is 2.84. The van der Waals surface area contributed by atoms with Crippen molar-refractivity contribution in [2.45, 2.75) is 25.8 Å². The quantitative estimate of drug-likeness (QED) is 0.890. The smallest absolute Gasteiger partial charge is 0.220 e. The fraction of sp³-hybridized carbons (Fsp3) is 0.538. The van der Waals surface area contributed by atoms with E-state index in [0.717, 1.165) is 5.56 Å². The van der Waals surface area contributed by atoms with E-state index in [1.807, 2.05) is 12.1 Å². The predicted octanol–water partition coefficient (Wildman–Crippen LogP) is 0.913. The lowest BCUT2D eigenvalue weighted by molar-refractivity contribution is -0.122. The van der Waals surface area contributed by atoms with Crippen molar-refractivity contribution < 1.29 is 13.2 Å². The third-order valence-corrected chi connectivity index (χ3v) is 5.08. The molecule has 1 aliphatic rings. The molecule has 19 heavy (non-hydrogen) atoms. The van der Waals surface area contributed by atoms with Gasteiger partial charge in [-0.25, -0.2) is 8.42 Å². The number of nitrogens with zero attached hydrogens (tertiary/aromatic N) is 1. The SMILES string of the molecule is O=C(CC1CCS(=O)(=O)CC1)NCc1cccnc1. The molecule has 1 aromatic heterocycles. The van der Waals surface area contributed by atoms with Crippen LogP contribution in [0.1, 0.15) is 24.8 Å². The Morgan fingerprint density at radius 1 is 1.37 bits per heavy atom. The van der Waals surface area contributed by atoms with Gasteiger partial charge in [0.05, 0.1) is 11.5 Å². The minimum Gasteiger partial charge on any atom is -0.352 e. The van der Waals surface area contributed by atoms with E-state index in [0.29, 0.717) is 25.8 Å². The molecule has 6 heteroatoms. The molecule has 1 aliphatic heterocycles. The van der Waals surface area contributed by atoms with Crippen LogP contribution in [-0.2, 0) is 21.2 Å². The molecular formula is C13H18N2O3S. The van der Waals surface area contributed by atoms with Gasteiger partial charge in [-0.05, 0) is 30.4 Å². The number of carbonyl (C=O) groups is 1. The van der Waals surface area contributed by atoms with Gasteiger partial charge in [0.2, 0.25) is 5.91 Å². The summed E-state index contributed by atoms with van der Waals surface area (Å²) < 4.78 is 22.6. The number of hydrogen-bond acceptors (Lipinski definition) is 4. The largest absolute Gasteiger partial charge is 0.352 e. The van der Waals surface area contributed by atoms with E-state index in [9.17, 15) is 13.2 Å².